The molecule has 0 spiro atoms. The predicted molar refractivity (Wildman–Crippen MR) is 76.6 cm³/mol. The molecule has 3 N–H and O–H groups in total. The van der Waals surface area contributed by atoms with Crippen LogP contribution in [-0.2, 0) is 6.54 Å². The Morgan fingerprint density at radius 3 is 3.00 bits per heavy atom. The van der Waals surface area contributed by atoms with Gasteiger partial charge in [-0.2, -0.15) is 5.10 Å². The van der Waals surface area contributed by atoms with E-state index < -0.39 is 0 Å². The first-order valence-corrected chi connectivity index (χ1v) is 6.21. The number of aromatic nitrogens is 4. The normalized spacial score (nSPS) is 10.8. The number of rotatable bonds is 3. The van der Waals surface area contributed by atoms with E-state index in [1.165, 1.54) is 0 Å². The highest BCUT2D eigenvalue weighted by molar-refractivity contribution is 6.04. The Bertz CT molecular complexity index is 789. The summed E-state index contributed by atoms with van der Waals surface area (Å²) in [6, 6.07) is 5.74. The molecule has 0 aliphatic heterocycles. The molecule has 0 amide bonds. The van der Waals surface area contributed by atoms with E-state index in [0.29, 0.717) is 12.2 Å². The first-order chi connectivity index (χ1) is 9.65. The lowest BCUT2D eigenvalue weighted by molar-refractivity contribution is 0.699. The molecule has 0 aromatic carbocycles. The lowest BCUT2D eigenvalue weighted by atomic mass is 10.2. The molecule has 6 heteroatoms. The Morgan fingerprint density at radius 2 is 2.25 bits per heavy atom. The van der Waals surface area contributed by atoms with E-state index in [1.54, 1.807) is 17.1 Å². The molecule has 0 aliphatic carbocycles. The molecule has 3 rings (SSSR count). The number of fused-ring (bicyclic) bond motifs is 1. The summed E-state index contributed by atoms with van der Waals surface area (Å²) in [7, 11) is 0. The smallest absolute Gasteiger partial charge is 0.158 e. The molecule has 0 unspecified atom stereocenters. The van der Waals surface area contributed by atoms with Crippen LogP contribution in [0, 0.1) is 12.3 Å². The van der Waals surface area contributed by atoms with Crippen molar-refractivity contribution in [3.05, 3.63) is 53.6 Å². The molecule has 100 valence electrons. The number of nitrogen functional groups attached to an aromatic ring is 1. The van der Waals surface area contributed by atoms with Gasteiger partial charge in [-0.25, -0.2) is 9.67 Å². The largest absolute Gasteiger partial charge is 0.382 e. The van der Waals surface area contributed by atoms with Crippen molar-refractivity contribution in [1.82, 2.24) is 19.7 Å². The van der Waals surface area contributed by atoms with Crippen LogP contribution >= 0.6 is 0 Å². The van der Waals surface area contributed by atoms with Crippen molar-refractivity contribution in [2.75, 3.05) is 0 Å². The van der Waals surface area contributed by atoms with Gasteiger partial charge in [0, 0.05) is 18.6 Å². The van der Waals surface area contributed by atoms with Gasteiger partial charge in [-0.3, -0.25) is 10.4 Å². The Kier molecular flexibility index (Phi) is 2.90. The number of nitrogens with one attached hydrogen (secondary N) is 1. The van der Waals surface area contributed by atoms with Gasteiger partial charge in [0.15, 0.2) is 5.65 Å². The lowest BCUT2D eigenvalue weighted by Crippen LogP contribution is -2.13. The van der Waals surface area contributed by atoms with E-state index in [0.717, 1.165) is 22.2 Å². The van der Waals surface area contributed by atoms with Crippen molar-refractivity contribution in [2.45, 2.75) is 13.5 Å². The zero-order valence-electron chi connectivity index (χ0n) is 11.0. The van der Waals surface area contributed by atoms with Crippen LogP contribution < -0.4 is 5.73 Å². The minimum Gasteiger partial charge on any atom is -0.382 e. The monoisotopic (exact) mass is 266 g/mol. The maximum Gasteiger partial charge on any atom is 0.158 e. The van der Waals surface area contributed by atoms with Gasteiger partial charge >= 0.3 is 0 Å². The summed E-state index contributed by atoms with van der Waals surface area (Å²) in [4.78, 5) is 8.50. The van der Waals surface area contributed by atoms with E-state index in [9.17, 15) is 0 Å². The van der Waals surface area contributed by atoms with Gasteiger partial charge in [-0.1, -0.05) is 6.07 Å². The van der Waals surface area contributed by atoms with Crippen molar-refractivity contribution >= 4 is 16.9 Å². The van der Waals surface area contributed by atoms with Gasteiger partial charge in [0.1, 0.15) is 11.5 Å². The number of pyridine rings is 2. The van der Waals surface area contributed by atoms with Gasteiger partial charge in [0.2, 0.25) is 0 Å². The third-order valence-corrected chi connectivity index (χ3v) is 3.03. The number of aryl methyl sites for hydroxylation is 1. The molecule has 0 saturated carbocycles. The second kappa shape index (κ2) is 4.73. The van der Waals surface area contributed by atoms with Gasteiger partial charge in [0.05, 0.1) is 11.9 Å². The van der Waals surface area contributed by atoms with Crippen molar-refractivity contribution < 1.29 is 0 Å². The zero-order chi connectivity index (χ0) is 14.1. The average Bonchev–Trinajstić information content (AvgIpc) is 2.78. The summed E-state index contributed by atoms with van der Waals surface area (Å²) in [5, 5.41) is 12.8. The molecular formula is C14H14N6. The van der Waals surface area contributed by atoms with E-state index >= 15 is 0 Å². The Hall–Kier alpha value is -2.76. The first-order valence-electron chi connectivity index (χ1n) is 6.21. The van der Waals surface area contributed by atoms with Crippen molar-refractivity contribution in [1.29, 1.82) is 5.41 Å². The fraction of sp³-hybridized carbons (Fsp3) is 0.143. The Labute approximate surface area is 115 Å². The molecular weight excluding hydrogens is 252 g/mol. The van der Waals surface area contributed by atoms with Crippen LogP contribution in [0.15, 0.2) is 36.8 Å². The molecule has 0 aliphatic rings. The fourth-order valence-corrected chi connectivity index (χ4v) is 2.20. The third kappa shape index (κ3) is 2.11. The molecule has 3 aromatic rings. The molecule has 3 heterocycles. The summed E-state index contributed by atoms with van der Waals surface area (Å²) >= 11 is 0. The molecule has 6 nitrogen and oxygen atoms in total. The molecule has 0 atom stereocenters. The molecule has 0 radical (unpaired) electrons. The highest BCUT2D eigenvalue weighted by Crippen LogP contribution is 2.17. The second-order valence-electron chi connectivity index (χ2n) is 4.67. The van der Waals surface area contributed by atoms with Crippen LogP contribution in [-0.4, -0.2) is 25.6 Å². The van der Waals surface area contributed by atoms with Crippen LogP contribution in [0.5, 0.6) is 0 Å². The van der Waals surface area contributed by atoms with Crippen LogP contribution in [0.25, 0.3) is 11.0 Å². The molecule has 3 aromatic heterocycles. The average molecular weight is 266 g/mol. The minimum atomic E-state index is -0.0517. The van der Waals surface area contributed by atoms with Gasteiger partial charge in [0.25, 0.3) is 0 Å². The van der Waals surface area contributed by atoms with Crippen LogP contribution in [0.2, 0.25) is 0 Å². The van der Waals surface area contributed by atoms with Crippen molar-refractivity contribution in [3.63, 3.8) is 0 Å². The molecule has 0 bridgehead atoms. The zero-order valence-corrected chi connectivity index (χ0v) is 11.0. The Morgan fingerprint density at radius 1 is 1.40 bits per heavy atom. The number of hydrogen-bond acceptors (Lipinski definition) is 4. The van der Waals surface area contributed by atoms with Crippen molar-refractivity contribution in [3.8, 4) is 0 Å². The summed E-state index contributed by atoms with van der Waals surface area (Å²) in [6.45, 7) is 2.55. The highest BCUT2D eigenvalue weighted by Gasteiger charge is 2.13. The summed E-state index contributed by atoms with van der Waals surface area (Å²) in [5.41, 5.74) is 8.90. The van der Waals surface area contributed by atoms with Crippen LogP contribution in [0.1, 0.15) is 16.8 Å². The third-order valence-electron chi connectivity index (χ3n) is 3.03. The van der Waals surface area contributed by atoms with Gasteiger partial charge < -0.3 is 5.73 Å². The van der Waals surface area contributed by atoms with Crippen LogP contribution in [0.3, 0.4) is 0 Å². The van der Waals surface area contributed by atoms with Gasteiger partial charge in [-0.05, 0) is 30.2 Å². The Balaban J connectivity index is 2.10. The standard InChI is InChI=1S/C14H14N6/c1-9-5-10(7-17-6-9)8-20-14-11(3-2-4-18-14)12(19-20)13(15)16/h2-7H,8H2,1H3,(H3,15,16). The SMILES string of the molecule is Cc1cncc(Cn2nc(C(=N)N)c3cccnc32)c1. The summed E-state index contributed by atoms with van der Waals surface area (Å²) < 4.78 is 1.75. The lowest BCUT2D eigenvalue weighted by Gasteiger charge is -2.03. The fourth-order valence-electron chi connectivity index (χ4n) is 2.20. The van der Waals surface area contributed by atoms with Crippen LogP contribution in [0.4, 0.5) is 0 Å². The number of nitrogens with two attached hydrogens (primary N) is 1. The van der Waals surface area contributed by atoms with Crippen molar-refractivity contribution in [2.24, 2.45) is 5.73 Å². The highest BCUT2D eigenvalue weighted by atomic mass is 15.3. The predicted octanol–water partition coefficient (Wildman–Crippen LogP) is 1.47. The maximum absolute atomic E-state index is 7.61. The van der Waals surface area contributed by atoms with E-state index in [2.05, 4.69) is 21.1 Å². The van der Waals surface area contributed by atoms with E-state index in [1.807, 2.05) is 25.3 Å². The summed E-state index contributed by atoms with van der Waals surface area (Å²) in [6.07, 6.45) is 5.32. The topological polar surface area (TPSA) is 93.5 Å². The first kappa shape index (κ1) is 12.3. The van der Waals surface area contributed by atoms with Gasteiger partial charge in [-0.15, -0.1) is 0 Å². The number of nitrogens with zero attached hydrogens (tertiary/aromatic N) is 4. The minimum absolute atomic E-state index is 0.0517. The summed E-state index contributed by atoms with van der Waals surface area (Å²) in [5.74, 6) is -0.0517. The van der Waals surface area contributed by atoms with E-state index in [4.69, 9.17) is 11.1 Å². The second-order valence-corrected chi connectivity index (χ2v) is 4.67. The maximum atomic E-state index is 7.61. The molecule has 20 heavy (non-hydrogen) atoms. The number of amidine groups is 1. The number of hydrogen-bond donors (Lipinski definition) is 2. The molecule has 0 saturated heterocycles. The molecule has 0 fully saturated rings. The van der Waals surface area contributed by atoms with E-state index in [-0.39, 0.29) is 5.84 Å². The quantitative estimate of drug-likeness (QED) is 0.554.